The van der Waals surface area contributed by atoms with Gasteiger partial charge in [-0.25, -0.2) is 19.6 Å². The van der Waals surface area contributed by atoms with E-state index in [0.717, 1.165) is 55.3 Å². The highest BCUT2D eigenvalue weighted by atomic mass is 16.5. The second-order valence-corrected chi connectivity index (χ2v) is 14.1. The largest absolute Gasteiger partial charge is 0.465 e. The zero-order valence-electron chi connectivity index (χ0n) is 31.6. The molecule has 0 atom stereocenters. The smallest absolute Gasteiger partial charge is 0.337 e. The molecular weight excluding hydrogens is 721 g/mol. The molecule has 58 heavy (non-hydrogen) atoms. The number of fused-ring (bicyclic) bond motifs is 6. The Morgan fingerprint density at radius 1 is 0.414 bits per heavy atom. The molecule has 0 aliphatic carbocycles. The Morgan fingerprint density at radius 3 is 1.33 bits per heavy atom. The first-order valence-electron chi connectivity index (χ1n) is 18.9. The van der Waals surface area contributed by atoms with Crippen LogP contribution in [0.2, 0.25) is 0 Å². The second-order valence-electron chi connectivity index (χ2n) is 14.1. The van der Waals surface area contributed by atoms with E-state index in [1.165, 1.54) is 30.5 Å². The van der Waals surface area contributed by atoms with Gasteiger partial charge in [0.25, 0.3) is 0 Å². The minimum Gasteiger partial charge on any atom is -0.465 e. The number of aromatic nitrogens is 4. The fourth-order valence-corrected chi connectivity index (χ4v) is 8.00. The van der Waals surface area contributed by atoms with Gasteiger partial charge in [0.2, 0.25) is 5.95 Å². The molecule has 0 N–H and O–H groups in total. The number of hydrogen-bond acceptors (Lipinski definition) is 6. The fraction of sp³-hybridized carbons (Fsp3) is 0.0400. The molecule has 0 radical (unpaired) electrons. The molecule has 0 saturated carbocycles. The van der Waals surface area contributed by atoms with Crippen LogP contribution < -0.4 is 0 Å². The number of rotatable bonds is 7. The van der Waals surface area contributed by atoms with Crippen molar-refractivity contribution in [2.45, 2.75) is 0 Å². The molecule has 8 heteroatoms. The third-order valence-corrected chi connectivity index (χ3v) is 10.8. The van der Waals surface area contributed by atoms with E-state index >= 15 is 0 Å². The number of nitrogens with zero attached hydrogens (tertiary/aromatic N) is 4. The zero-order chi connectivity index (χ0) is 39.3. The zero-order valence-corrected chi connectivity index (χ0v) is 31.6. The van der Waals surface area contributed by atoms with Crippen LogP contribution in [0.25, 0.3) is 88.9 Å². The van der Waals surface area contributed by atoms with Crippen LogP contribution in [-0.2, 0) is 9.47 Å². The fourth-order valence-electron chi connectivity index (χ4n) is 8.00. The van der Waals surface area contributed by atoms with Crippen molar-refractivity contribution >= 4 is 55.6 Å². The summed E-state index contributed by atoms with van der Waals surface area (Å²) in [5.74, 6) is -0.342. The maximum absolute atomic E-state index is 12.3. The summed E-state index contributed by atoms with van der Waals surface area (Å²) in [6.07, 6.45) is 0. The Balaban J connectivity index is 1.14. The molecule has 7 aromatic carbocycles. The third kappa shape index (κ3) is 5.78. The van der Waals surface area contributed by atoms with Gasteiger partial charge in [0.15, 0.2) is 0 Å². The second kappa shape index (κ2) is 14.0. The lowest BCUT2D eigenvalue weighted by atomic mass is 10.0. The molecule has 278 valence electrons. The Labute approximate surface area is 333 Å². The minimum atomic E-state index is -0.412. The first kappa shape index (κ1) is 34.6. The maximum Gasteiger partial charge on any atom is 0.337 e. The molecule has 0 unspecified atom stereocenters. The van der Waals surface area contributed by atoms with E-state index in [1.54, 1.807) is 24.3 Å². The maximum atomic E-state index is 12.3. The van der Waals surface area contributed by atoms with Crippen LogP contribution in [0, 0.1) is 0 Å². The molecule has 0 aliphatic rings. The van der Waals surface area contributed by atoms with Crippen molar-refractivity contribution in [3.05, 3.63) is 181 Å². The molecule has 0 fully saturated rings. The van der Waals surface area contributed by atoms with Gasteiger partial charge in [0, 0.05) is 38.4 Å². The molecule has 0 amide bonds. The highest BCUT2D eigenvalue weighted by Crippen LogP contribution is 2.38. The summed E-state index contributed by atoms with van der Waals surface area (Å²) in [7, 11) is 2.73. The van der Waals surface area contributed by atoms with Crippen molar-refractivity contribution in [1.29, 1.82) is 0 Å². The van der Waals surface area contributed by atoms with Crippen molar-refractivity contribution in [2.75, 3.05) is 14.2 Å². The molecule has 0 saturated heterocycles. The van der Waals surface area contributed by atoms with E-state index in [4.69, 9.17) is 19.4 Å². The van der Waals surface area contributed by atoms with Crippen LogP contribution in [0.4, 0.5) is 0 Å². The van der Waals surface area contributed by atoms with Crippen molar-refractivity contribution in [2.24, 2.45) is 0 Å². The van der Waals surface area contributed by atoms with Crippen LogP contribution >= 0.6 is 0 Å². The predicted octanol–water partition coefficient (Wildman–Crippen LogP) is 11.2. The summed E-state index contributed by atoms with van der Waals surface area (Å²) >= 11 is 0. The van der Waals surface area contributed by atoms with Crippen LogP contribution in [0.5, 0.6) is 0 Å². The van der Waals surface area contributed by atoms with Gasteiger partial charge < -0.3 is 14.0 Å². The van der Waals surface area contributed by atoms with Crippen LogP contribution in [0.1, 0.15) is 20.7 Å². The van der Waals surface area contributed by atoms with E-state index in [9.17, 15) is 9.59 Å². The Hall–Kier alpha value is -7.84. The Bertz CT molecular complexity index is 3140. The number of para-hydroxylation sites is 3. The number of methoxy groups -OCH3 is 2. The Kier molecular flexibility index (Phi) is 8.38. The van der Waals surface area contributed by atoms with E-state index in [2.05, 4.69) is 112 Å². The lowest BCUT2D eigenvalue weighted by Gasteiger charge is -2.12. The van der Waals surface area contributed by atoms with Gasteiger partial charge in [-0.15, -0.1) is 0 Å². The number of ether oxygens (including phenoxy) is 2. The number of esters is 2. The summed E-state index contributed by atoms with van der Waals surface area (Å²) in [4.78, 5) is 34.8. The SMILES string of the molecule is COC(=O)c1ccc(-c2cc(-c3ccc(C(=O)OC)cc3)nc(-n3c4ccccc4c4cc(-c5ccc6c(c5)c5ccccc5n6-c5ccccc5)ccc43)n2)cc1. The monoisotopic (exact) mass is 754 g/mol. The van der Waals surface area contributed by atoms with Crippen molar-refractivity contribution in [1.82, 2.24) is 19.1 Å². The van der Waals surface area contributed by atoms with Crippen molar-refractivity contribution < 1.29 is 19.1 Å². The van der Waals surface area contributed by atoms with Gasteiger partial charge in [0.1, 0.15) is 0 Å². The molecule has 0 aliphatic heterocycles. The van der Waals surface area contributed by atoms with E-state index in [-0.39, 0.29) is 0 Å². The topological polar surface area (TPSA) is 88.2 Å². The molecule has 10 aromatic rings. The number of carbonyl (C=O) groups is 2. The Morgan fingerprint density at radius 2 is 0.828 bits per heavy atom. The molecule has 0 spiro atoms. The minimum absolute atomic E-state index is 0.412. The van der Waals surface area contributed by atoms with E-state index in [1.807, 2.05) is 42.5 Å². The number of carbonyl (C=O) groups excluding carboxylic acids is 2. The van der Waals surface area contributed by atoms with Crippen LogP contribution in [0.3, 0.4) is 0 Å². The molecule has 8 nitrogen and oxygen atoms in total. The molecular formula is C50H34N4O4. The quantitative estimate of drug-likeness (QED) is 0.151. The van der Waals surface area contributed by atoms with E-state index in [0.29, 0.717) is 28.5 Å². The van der Waals surface area contributed by atoms with Crippen molar-refractivity contribution in [3.63, 3.8) is 0 Å². The predicted molar refractivity (Wildman–Crippen MR) is 230 cm³/mol. The first-order valence-corrected chi connectivity index (χ1v) is 18.9. The lowest BCUT2D eigenvalue weighted by molar-refractivity contribution is 0.0592. The molecule has 3 aromatic heterocycles. The van der Waals surface area contributed by atoms with Gasteiger partial charge in [-0.05, 0) is 90.0 Å². The standard InChI is InChI=1S/C50H34N4O4/c1-57-48(55)33-20-16-31(17-21-33)42-30-43(32-18-22-34(23-19-32)49(56)58-2)52-50(51-42)54-45-15-9-7-13-39(45)41-29-36(25-27-47(41)54)35-24-26-46-40(28-35)38-12-6-8-14-44(38)53(46)37-10-4-3-5-11-37/h3-30H,1-2H3. The third-order valence-electron chi connectivity index (χ3n) is 10.8. The average Bonchev–Trinajstić information content (AvgIpc) is 3.81. The summed E-state index contributed by atoms with van der Waals surface area (Å²) in [5.41, 5.74) is 11.4. The molecule has 10 rings (SSSR count). The molecule has 0 bridgehead atoms. The number of benzene rings is 7. The summed E-state index contributed by atoms with van der Waals surface area (Å²) in [5, 5.41) is 4.53. The lowest BCUT2D eigenvalue weighted by Crippen LogP contribution is -2.05. The van der Waals surface area contributed by atoms with Gasteiger partial charge in [-0.3, -0.25) is 4.57 Å². The first-order chi connectivity index (χ1) is 28.5. The van der Waals surface area contributed by atoms with Gasteiger partial charge in [-0.1, -0.05) is 91.0 Å². The summed E-state index contributed by atoms with van der Waals surface area (Å²) in [6.45, 7) is 0. The van der Waals surface area contributed by atoms with Gasteiger partial charge in [0.05, 0.1) is 58.8 Å². The highest BCUT2D eigenvalue weighted by molar-refractivity contribution is 6.12. The van der Waals surface area contributed by atoms with Crippen LogP contribution in [-0.4, -0.2) is 45.3 Å². The average molecular weight is 755 g/mol. The summed E-state index contributed by atoms with van der Waals surface area (Å²) in [6, 6.07) is 56.9. The van der Waals surface area contributed by atoms with E-state index < -0.39 is 11.9 Å². The van der Waals surface area contributed by atoms with Crippen molar-refractivity contribution in [3.8, 4) is 45.3 Å². The van der Waals surface area contributed by atoms with Crippen LogP contribution in [0.15, 0.2) is 170 Å². The van der Waals surface area contributed by atoms with Gasteiger partial charge >= 0.3 is 11.9 Å². The summed E-state index contributed by atoms with van der Waals surface area (Å²) < 4.78 is 14.3. The normalized spacial score (nSPS) is 11.4. The highest BCUT2D eigenvalue weighted by Gasteiger charge is 2.19. The van der Waals surface area contributed by atoms with Gasteiger partial charge in [-0.2, -0.15) is 0 Å². The number of hydrogen-bond donors (Lipinski definition) is 0. The molecule has 3 heterocycles.